The smallest absolute Gasteiger partial charge is 0.342 e. The van der Waals surface area contributed by atoms with Crippen LogP contribution in [0, 0.1) is 0 Å². The summed E-state index contributed by atoms with van der Waals surface area (Å²) in [4.78, 5) is 11.9. The first-order chi connectivity index (χ1) is 17.4. The highest BCUT2D eigenvalue weighted by molar-refractivity contribution is 8.03. The lowest BCUT2D eigenvalue weighted by atomic mass is 10.2. The van der Waals surface area contributed by atoms with Gasteiger partial charge in [0.25, 0.3) is 5.22 Å². The number of hydrogen-bond donors (Lipinski definition) is 1. The first kappa shape index (κ1) is 25.2. The second-order valence-corrected chi connectivity index (χ2v) is 8.74. The molecule has 1 heterocycles. The van der Waals surface area contributed by atoms with E-state index in [0.717, 1.165) is 17.3 Å². The van der Waals surface area contributed by atoms with Crippen LogP contribution in [0.4, 0.5) is 0 Å². The molecule has 0 saturated heterocycles. The van der Waals surface area contributed by atoms with E-state index in [1.807, 2.05) is 18.2 Å². The average molecular weight is 525 g/mol. The molecular formula is C26H21ClN2O6S. The van der Waals surface area contributed by atoms with Crippen molar-refractivity contribution in [1.82, 2.24) is 10.2 Å². The number of aliphatic carboxylic acids is 1. The zero-order valence-corrected chi connectivity index (χ0v) is 20.9. The standard InChI is InChI=1S/C26H21ClN2O6S/c1-32-20-12-18(13-21(14-20)33-2)24-28-29-26(35-24)36-23(25(30)31)11-16-6-5-8-19(10-16)34-15-17-7-3-4-9-22(17)27/h3-14H,15H2,1-2H3,(H,30,31)/b23-11-. The quantitative estimate of drug-likeness (QED) is 0.191. The molecule has 0 atom stereocenters. The largest absolute Gasteiger partial charge is 0.497 e. The summed E-state index contributed by atoms with van der Waals surface area (Å²) in [5.74, 6) is 0.754. The van der Waals surface area contributed by atoms with Gasteiger partial charge in [-0.15, -0.1) is 10.2 Å². The molecule has 4 aromatic rings. The Kier molecular flexibility index (Phi) is 8.14. The van der Waals surface area contributed by atoms with E-state index in [0.29, 0.717) is 33.4 Å². The molecule has 184 valence electrons. The SMILES string of the molecule is COc1cc(OC)cc(-c2nnc(S/C(=C\c3cccc(OCc4ccccc4Cl)c3)C(=O)O)o2)c1. The van der Waals surface area contributed by atoms with Crippen molar-refractivity contribution in [3.05, 3.63) is 87.8 Å². The van der Waals surface area contributed by atoms with E-state index in [4.69, 9.17) is 30.2 Å². The molecule has 1 N–H and O–H groups in total. The Morgan fingerprint density at radius 1 is 1.00 bits per heavy atom. The van der Waals surface area contributed by atoms with Gasteiger partial charge in [-0.2, -0.15) is 0 Å². The van der Waals surface area contributed by atoms with Gasteiger partial charge < -0.3 is 23.7 Å². The second kappa shape index (κ2) is 11.7. The molecule has 0 radical (unpaired) electrons. The minimum Gasteiger partial charge on any atom is -0.497 e. The van der Waals surface area contributed by atoms with E-state index in [9.17, 15) is 9.90 Å². The van der Waals surface area contributed by atoms with Gasteiger partial charge in [0.1, 0.15) is 28.8 Å². The highest BCUT2D eigenvalue weighted by Crippen LogP contribution is 2.33. The number of carboxylic acid groups (broad SMARTS) is 1. The average Bonchev–Trinajstić information content (AvgIpc) is 3.36. The second-order valence-electron chi connectivity index (χ2n) is 7.34. The third-order valence-corrected chi connectivity index (χ3v) is 6.14. The van der Waals surface area contributed by atoms with E-state index in [1.54, 1.807) is 48.5 Å². The molecule has 0 aliphatic heterocycles. The van der Waals surface area contributed by atoms with Gasteiger partial charge in [0.05, 0.1) is 14.2 Å². The third-order valence-electron chi connectivity index (χ3n) is 4.92. The molecular weight excluding hydrogens is 504 g/mol. The maximum Gasteiger partial charge on any atom is 0.342 e. The highest BCUT2D eigenvalue weighted by Gasteiger charge is 2.17. The summed E-state index contributed by atoms with van der Waals surface area (Å²) < 4.78 is 22.1. The molecule has 0 amide bonds. The van der Waals surface area contributed by atoms with Crippen molar-refractivity contribution in [3.8, 4) is 28.7 Å². The summed E-state index contributed by atoms with van der Waals surface area (Å²) in [6, 6.07) is 19.6. The maximum absolute atomic E-state index is 11.9. The third kappa shape index (κ3) is 6.38. The summed E-state index contributed by atoms with van der Waals surface area (Å²) in [7, 11) is 3.07. The number of benzene rings is 3. The van der Waals surface area contributed by atoms with Crippen LogP contribution in [0.3, 0.4) is 0 Å². The van der Waals surface area contributed by atoms with Crippen molar-refractivity contribution in [2.45, 2.75) is 11.8 Å². The molecule has 8 nitrogen and oxygen atoms in total. The molecule has 1 aromatic heterocycles. The number of nitrogens with zero attached hydrogens (tertiary/aromatic N) is 2. The lowest BCUT2D eigenvalue weighted by Gasteiger charge is -2.08. The lowest BCUT2D eigenvalue weighted by molar-refractivity contribution is -0.131. The molecule has 0 saturated carbocycles. The Bertz CT molecular complexity index is 1380. The van der Waals surface area contributed by atoms with Gasteiger partial charge >= 0.3 is 5.97 Å². The molecule has 0 spiro atoms. The number of aromatic nitrogens is 2. The Hall–Kier alpha value is -3.95. The number of rotatable bonds is 10. The van der Waals surface area contributed by atoms with Crippen LogP contribution in [0.1, 0.15) is 11.1 Å². The minimum absolute atomic E-state index is 0.00308. The Morgan fingerprint density at radius 3 is 2.44 bits per heavy atom. The minimum atomic E-state index is -1.13. The van der Waals surface area contributed by atoms with Gasteiger partial charge in [0.15, 0.2) is 0 Å². The number of hydrogen-bond acceptors (Lipinski definition) is 8. The van der Waals surface area contributed by atoms with Crippen molar-refractivity contribution in [2.75, 3.05) is 14.2 Å². The predicted molar refractivity (Wildman–Crippen MR) is 137 cm³/mol. The fourth-order valence-corrected chi connectivity index (χ4v) is 4.01. The van der Waals surface area contributed by atoms with Gasteiger partial charge in [0.2, 0.25) is 5.89 Å². The van der Waals surface area contributed by atoms with Crippen LogP contribution in [0.5, 0.6) is 17.2 Å². The molecule has 36 heavy (non-hydrogen) atoms. The number of ether oxygens (including phenoxy) is 3. The molecule has 0 aliphatic carbocycles. The zero-order valence-electron chi connectivity index (χ0n) is 19.3. The summed E-state index contributed by atoms with van der Waals surface area (Å²) >= 11 is 7.03. The first-order valence-corrected chi connectivity index (χ1v) is 11.8. The lowest BCUT2D eigenvalue weighted by Crippen LogP contribution is -1.98. The van der Waals surface area contributed by atoms with Gasteiger partial charge in [0, 0.05) is 22.2 Å². The van der Waals surface area contributed by atoms with Crippen LogP contribution in [-0.2, 0) is 11.4 Å². The van der Waals surface area contributed by atoms with Crippen molar-refractivity contribution in [1.29, 1.82) is 0 Å². The van der Waals surface area contributed by atoms with Crippen LogP contribution >= 0.6 is 23.4 Å². The number of carboxylic acids is 1. The van der Waals surface area contributed by atoms with Crippen LogP contribution in [-0.4, -0.2) is 35.5 Å². The van der Waals surface area contributed by atoms with Gasteiger partial charge in [-0.3, -0.25) is 0 Å². The molecule has 0 bridgehead atoms. The fourth-order valence-electron chi connectivity index (χ4n) is 3.15. The van der Waals surface area contributed by atoms with Gasteiger partial charge in [-0.25, -0.2) is 4.79 Å². The zero-order chi connectivity index (χ0) is 25.5. The fraction of sp³-hybridized carbons (Fsp3) is 0.115. The van der Waals surface area contributed by atoms with E-state index in [1.165, 1.54) is 20.3 Å². The Labute approximate surface area is 216 Å². The van der Waals surface area contributed by atoms with Gasteiger partial charge in [-0.1, -0.05) is 41.9 Å². The summed E-state index contributed by atoms with van der Waals surface area (Å²) in [6.45, 7) is 0.285. The molecule has 4 rings (SSSR count). The number of methoxy groups -OCH3 is 2. The monoisotopic (exact) mass is 524 g/mol. The number of halogens is 1. The highest BCUT2D eigenvalue weighted by atomic mass is 35.5. The van der Waals surface area contributed by atoms with Crippen LogP contribution in [0.15, 0.2) is 81.3 Å². The van der Waals surface area contributed by atoms with E-state index >= 15 is 0 Å². The van der Waals surface area contributed by atoms with Crippen molar-refractivity contribution in [2.24, 2.45) is 0 Å². The van der Waals surface area contributed by atoms with Gasteiger partial charge in [-0.05, 0) is 53.7 Å². The molecule has 0 unspecified atom stereocenters. The number of thioether (sulfide) groups is 1. The summed E-state index contributed by atoms with van der Waals surface area (Å²) in [5.41, 5.74) is 2.06. The van der Waals surface area contributed by atoms with Crippen LogP contribution < -0.4 is 14.2 Å². The van der Waals surface area contributed by atoms with E-state index < -0.39 is 5.97 Å². The van der Waals surface area contributed by atoms with Crippen molar-refractivity contribution < 1.29 is 28.5 Å². The van der Waals surface area contributed by atoms with Crippen molar-refractivity contribution in [3.63, 3.8) is 0 Å². The van der Waals surface area contributed by atoms with E-state index in [-0.39, 0.29) is 22.6 Å². The number of carbonyl (C=O) groups is 1. The summed E-state index contributed by atoms with van der Waals surface area (Å²) in [6.07, 6.45) is 1.51. The van der Waals surface area contributed by atoms with Crippen molar-refractivity contribution >= 4 is 35.4 Å². The predicted octanol–water partition coefficient (Wildman–Crippen LogP) is 6.20. The Balaban J connectivity index is 1.51. The summed E-state index contributed by atoms with van der Waals surface area (Å²) in [5, 5.41) is 18.5. The molecule has 10 heteroatoms. The first-order valence-electron chi connectivity index (χ1n) is 10.6. The molecule has 3 aromatic carbocycles. The van der Waals surface area contributed by atoms with Crippen LogP contribution in [0.2, 0.25) is 5.02 Å². The van der Waals surface area contributed by atoms with E-state index in [2.05, 4.69) is 10.2 Å². The Morgan fingerprint density at radius 2 is 1.75 bits per heavy atom. The normalized spacial score (nSPS) is 11.2. The molecule has 0 aliphatic rings. The maximum atomic E-state index is 11.9. The van der Waals surface area contributed by atoms with Crippen LogP contribution in [0.25, 0.3) is 17.5 Å². The topological polar surface area (TPSA) is 104 Å². The molecule has 0 fully saturated rings.